The van der Waals surface area contributed by atoms with Crippen molar-refractivity contribution < 1.29 is 19.4 Å². The van der Waals surface area contributed by atoms with Crippen LogP contribution in [0, 0.1) is 28.6 Å². The Morgan fingerprint density at radius 3 is 2.50 bits per heavy atom. The summed E-state index contributed by atoms with van der Waals surface area (Å²) in [5.41, 5.74) is 1.10. The van der Waals surface area contributed by atoms with Crippen LogP contribution in [0.3, 0.4) is 0 Å². The van der Waals surface area contributed by atoms with E-state index in [2.05, 4.69) is 19.9 Å². The van der Waals surface area contributed by atoms with Gasteiger partial charge < -0.3 is 9.84 Å². The van der Waals surface area contributed by atoms with Gasteiger partial charge in [-0.3, -0.25) is 4.79 Å². The van der Waals surface area contributed by atoms with Crippen LogP contribution in [0.25, 0.3) is 0 Å². The van der Waals surface area contributed by atoms with E-state index in [0.717, 1.165) is 51.4 Å². The highest BCUT2D eigenvalue weighted by Gasteiger charge is 2.66. The molecule has 4 heteroatoms. The monoisotopic (exact) mass is 414 g/mol. The molecule has 4 aliphatic carbocycles. The standard InChI is InChI=1S/C26H38O4/c1-6-16(2)23(28)30-19-9-12-24(4)18(15-19)7-8-22-21(24)10-13-25(5)20(17(3)27)11-14-26(22,25)29/h6-7,19-22,29H,8-15H2,1-5H3/t19?,20-,21+,22-,24+,25-,26?/m1/s1. The van der Waals surface area contributed by atoms with E-state index in [1.54, 1.807) is 19.9 Å². The number of rotatable bonds is 3. The molecule has 7 atom stereocenters. The fraction of sp³-hybridized carbons (Fsp3) is 0.769. The van der Waals surface area contributed by atoms with E-state index in [9.17, 15) is 14.7 Å². The second-order valence-electron chi connectivity index (χ2n) is 10.9. The second-order valence-corrected chi connectivity index (χ2v) is 10.9. The lowest BCUT2D eigenvalue weighted by molar-refractivity contribution is -0.182. The molecule has 0 aliphatic heterocycles. The number of hydrogen-bond donors (Lipinski definition) is 1. The van der Waals surface area contributed by atoms with E-state index in [1.165, 1.54) is 5.57 Å². The quantitative estimate of drug-likeness (QED) is 0.394. The first-order valence-corrected chi connectivity index (χ1v) is 11.8. The highest BCUT2D eigenvalue weighted by Crippen LogP contribution is 2.68. The Morgan fingerprint density at radius 1 is 1.10 bits per heavy atom. The van der Waals surface area contributed by atoms with E-state index in [0.29, 0.717) is 11.5 Å². The molecule has 3 fully saturated rings. The van der Waals surface area contributed by atoms with Crippen LogP contribution >= 0.6 is 0 Å². The Bertz CT molecular complexity index is 810. The lowest BCUT2D eigenvalue weighted by Gasteiger charge is -2.61. The zero-order valence-electron chi connectivity index (χ0n) is 19.3. The van der Waals surface area contributed by atoms with Crippen LogP contribution in [0.2, 0.25) is 0 Å². The molecule has 0 radical (unpaired) electrons. The normalized spacial score (nSPS) is 45.7. The maximum absolute atomic E-state index is 12.3. The van der Waals surface area contributed by atoms with Crippen molar-refractivity contribution >= 4 is 11.8 Å². The number of Topliss-reactive ketones (excluding diaryl/α,β-unsaturated/α-hetero) is 1. The Hall–Kier alpha value is -1.42. The first-order valence-electron chi connectivity index (χ1n) is 11.8. The number of ether oxygens (including phenoxy) is 1. The van der Waals surface area contributed by atoms with Crippen molar-refractivity contribution in [2.24, 2.45) is 28.6 Å². The van der Waals surface area contributed by atoms with Crippen LogP contribution in [0.5, 0.6) is 0 Å². The molecule has 2 unspecified atom stereocenters. The molecule has 0 heterocycles. The summed E-state index contributed by atoms with van der Waals surface area (Å²) >= 11 is 0. The molecule has 3 saturated carbocycles. The SMILES string of the molecule is CC=C(C)C(=O)OC1CC[C@@]2(C)C(=CC[C@@H]3[C@@H]2CC[C@]2(C)[C@@H](C(C)=O)CCC32O)C1. The van der Waals surface area contributed by atoms with Crippen LogP contribution in [0.4, 0.5) is 0 Å². The average Bonchev–Trinajstić information content (AvgIpc) is 2.99. The van der Waals surface area contributed by atoms with E-state index < -0.39 is 5.60 Å². The minimum Gasteiger partial charge on any atom is -0.459 e. The number of ketones is 1. The van der Waals surface area contributed by atoms with Crippen molar-refractivity contribution in [3.8, 4) is 0 Å². The van der Waals surface area contributed by atoms with Gasteiger partial charge in [0.05, 0.1) is 5.60 Å². The van der Waals surface area contributed by atoms with Gasteiger partial charge in [-0.15, -0.1) is 0 Å². The third-order valence-corrected chi connectivity index (χ3v) is 9.77. The summed E-state index contributed by atoms with van der Waals surface area (Å²) in [4.78, 5) is 24.6. The van der Waals surface area contributed by atoms with Gasteiger partial charge in [0, 0.05) is 23.3 Å². The summed E-state index contributed by atoms with van der Waals surface area (Å²) in [5.74, 6) is 0.689. The van der Waals surface area contributed by atoms with Gasteiger partial charge in [-0.1, -0.05) is 31.6 Å². The molecule has 0 saturated heterocycles. The molecule has 166 valence electrons. The van der Waals surface area contributed by atoms with Crippen LogP contribution in [-0.2, 0) is 14.3 Å². The van der Waals surface area contributed by atoms with Crippen molar-refractivity contribution in [2.45, 2.75) is 97.7 Å². The Labute approximate surface area is 181 Å². The van der Waals surface area contributed by atoms with Crippen LogP contribution in [0.15, 0.2) is 23.3 Å². The lowest BCUT2D eigenvalue weighted by atomic mass is 9.45. The zero-order valence-corrected chi connectivity index (χ0v) is 19.3. The van der Waals surface area contributed by atoms with E-state index in [-0.39, 0.29) is 40.5 Å². The smallest absolute Gasteiger partial charge is 0.333 e. The van der Waals surface area contributed by atoms with Crippen molar-refractivity contribution in [1.82, 2.24) is 0 Å². The molecule has 4 rings (SSSR count). The molecule has 0 bridgehead atoms. The molecular formula is C26H38O4. The fourth-order valence-corrected chi connectivity index (χ4v) is 7.71. The summed E-state index contributed by atoms with van der Waals surface area (Å²) in [6, 6.07) is 0. The summed E-state index contributed by atoms with van der Waals surface area (Å²) in [6.45, 7) is 9.90. The predicted octanol–water partition coefficient (Wildman–Crippen LogP) is 5.15. The molecule has 4 aliphatic rings. The van der Waals surface area contributed by atoms with Gasteiger partial charge in [-0.25, -0.2) is 4.79 Å². The van der Waals surface area contributed by atoms with Gasteiger partial charge in [0.2, 0.25) is 0 Å². The fourth-order valence-electron chi connectivity index (χ4n) is 7.71. The number of fused-ring (bicyclic) bond motifs is 5. The van der Waals surface area contributed by atoms with Gasteiger partial charge in [-0.2, -0.15) is 0 Å². The minimum atomic E-state index is -0.746. The third kappa shape index (κ3) is 2.97. The van der Waals surface area contributed by atoms with Crippen LogP contribution < -0.4 is 0 Å². The van der Waals surface area contributed by atoms with Gasteiger partial charge in [-0.05, 0) is 83.0 Å². The second kappa shape index (κ2) is 7.32. The number of carbonyl (C=O) groups is 2. The molecule has 1 N–H and O–H groups in total. The Kier molecular flexibility index (Phi) is 5.32. The van der Waals surface area contributed by atoms with Crippen molar-refractivity contribution in [3.05, 3.63) is 23.3 Å². The molecule has 4 nitrogen and oxygen atoms in total. The van der Waals surface area contributed by atoms with Gasteiger partial charge in [0.25, 0.3) is 0 Å². The van der Waals surface area contributed by atoms with Crippen molar-refractivity contribution in [1.29, 1.82) is 0 Å². The number of hydrogen-bond acceptors (Lipinski definition) is 4. The number of allylic oxidation sites excluding steroid dienone is 2. The summed E-state index contributed by atoms with van der Waals surface area (Å²) in [6.07, 6.45) is 11.2. The topological polar surface area (TPSA) is 63.6 Å². The lowest BCUT2D eigenvalue weighted by Crippen LogP contribution is -2.61. The van der Waals surface area contributed by atoms with E-state index in [1.807, 2.05) is 6.92 Å². The molecule has 0 aromatic carbocycles. The van der Waals surface area contributed by atoms with Crippen molar-refractivity contribution in [3.63, 3.8) is 0 Å². The predicted molar refractivity (Wildman–Crippen MR) is 117 cm³/mol. The zero-order chi connectivity index (χ0) is 21.9. The first kappa shape index (κ1) is 21.8. The van der Waals surface area contributed by atoms with Crippen LogP contribution in [-0.4, -0.2) is 28.6 Å². The highest BCUT2D eigenvalue weighted by molar-refractivity contribution is 5.87. The summed E-state index contributed by atoms with van der Waals surface area (Å²) in [5, 5.41) is 12.0. The molecule has 0 spiro atoms. The third-order valence-electron chi connectivity index (χ3n) is 9.77. The van der Waals surface area contributed by atoms with Crippen LogP contribution in [0.1, 0.15) is 86.0 Å². The molecule has 0 amide bonds. The van der Waals surface area contributed by atoms with Crippen molar-refractivity contribution in [2.75, 3.05) is 0 Å². The molecule has 30 heavy (non-hydrogen) atoms. The number of esters is 1. The summed E-state index contributed by atoms with van der Waals surface area (Å²) < 4.78 is 5.78. The van der Waals surface area contributed by atoms with E-state index in [4.69, 9.17) is 4.74 Å². The highest BCUT2D eigenvalue weighted by atomic mass is 16.5. The largest absolute Gasteiger partial charge is 0.459 e. The van der Waals surface area contributed by atoms with Gasteiger partial charge in [0.15, 0.2) is 0 Å². The van der Waals surface area contributed by atoms with E-state index >= 15 is 0 Å². The number of carbonyl (C=O) groups excluding carboxylic acids is 2. The van der Waals surface area contributed by atoms with Gasteiger partial charge >= 0.3 is 5.97 Å². The Balaban J connectivity index is 1.57. The maximum atomic E-state index is 12.3. The first-order chi connectivity index (χ1) is 14.1. The molecular weight excluding hydrogens is 376 g/mol. The molecule has 0 aromatic rings. The maximum Gasteiger partial charge on any atom is 0.333 e. The summed E-state index contributed by atoms with van der Waals surface area (Å²) in [7, 11) is 0. The minimum absolute atomic E-state index is 0.00774. The van der Waals surface area contributed by atoms with Gasteiger partial charge in [0.1, 0.15) is 11.9 Å². The molecule has 0 aromatic heterocycles. The number of aliphatic hydroxyl groups is 1. The average molecular weight is 415 g/mol. The Morgan fingerprint density at radius 2 is 1.83 bits per heavy atom.